The average Bonchev–Trinajstić information content (AvgIpc) is 2.71. The number of hydrogen-bond acceptors (Lipinski definition) is 2. The van der Waals surface area contributed by atoms with E-state index in [0.717, 1.165) is 31.4 Å². The minimum atomic E-state index is 0.112. The van der Waals surface area contributed by atoms with Crippen molar-refractivity contribution in [2.75, 3.05) is 6.61 Å². The third kappa shape index (κ3) is 1.75. The third-order valence-electron chi connectivity index (χ3n) is 2.78. The van der Waals surface area contributed by atoms with E-state index in [9.17, 15) is 5.11 Å². The molecule has 0 aliphatic carbocycles. The molecule has 1 aromatic rings. The summed E-state index contributed by atoms with van der Waals surface area (Å²) >= 11 is 0. The number of phenolic OH excluding ortho intramolecular Hbond substituents is 1. The van der Waals surface area contributed by atoms with E-state index in [1.54, 1.807) is 6.07 Å². The standard InChI is InChI=1S/C12H16O2/c1-2-9-5-6-11(13)10(8-9)12-4-3-7-14-12/h5-6,8,12-13H,2-4,7H2,1H3. The van der Waals surface area contributed by atoms with Gasteiger partial charge in [-0.05, 0) is 37.0 Å². The van der Waals surface area contributed by atoms with Gasteiger partial charge in [-0.1, -0.05) is 13.0 Å². The number of ether oxygens (including phenoxy) is 1. The summed E-state index contributed by atoms with van der Waals surface area (Å²) in [6.07, 6.45) is 3.24. The predicted octanol–water partition coefficient (Wildman–Crippen LogP) is 2.81. The van der Waals surface area contributed by atoms with Gasteiger partial charge >= 0.3 is 0 Å². The Morgan fingerprint density at radius 1 is 1.50 bits per heavy atom. The van der Waals surface area contributed by atoms with Gasteiger partial charge in [-0.2, -0.15) is 0 Å². The van der Waals surface area contributed by atoms with Crippen LogP contribution >= 0.6 is 0 Å². The molecule has 2 rings (SSSR count). The van der Waals surface area contributed by atoms with Crippen molar-refractivity contribution >= 4 is 0 Å². The molecule has 1 heterocycles. The average molecular weight is 192 g/mol. The van der Waals surface area contributed by atoms with E-state index < -0.39 is 0 Å². The summed E-state index contributed by atoms with van der Waals surface area (Å²) in [7, 11) is 0. The molecule has 2 nitrogen and oxygen atoms in total. The van der Waals surface area contributed by atoms with E-state index in [1.165, 1.54) is 5.56 Å². The lowest BCUT2D eigenvalue weighted by molar-refractivity contribution is 0.109. The minimum absolute atomic E-state index is 0.112. The second kappa shape index (κ2) is 4.01. The van der Waals surface area contributed by atoms with Crippen LogP contribution in [-0.2, 0) is 11.2 Å². The summed E-state index contributed by atoms with van der Waals surface area (Å²) < 4.78 is 5.56. The summed E-state index contributed by atoms with van der Waals surface area (Å²) in [5, 5.41) is 9.71. The highest BCUT2D eigenvalue weighted by atomic mass is 16.5. The molecule has 0 bridgehead atoms. The molecule has 76 valence electrons. The normalized spacial score (nSPS) is 21.4. The maximum Gasteiger partial charge on any atom is 0.121 e. The van der Waals surface area contributed by atoms with E-state index in [-0.39, 0.29) is 6.10 Å². The van der Waals surface area contributed by atoms with Crippen molar-refractivity contribution in [3.63, 3.8) is 0 Å². The molecular formula is C12H16O2. The zero-order valence-corrected chi connectivity index (χ0v) is 8.49. The lowest BCUT2D eigenvalue weighted by atomic mass is 10.0. The van der Waals surface area contributed by atoms with Crippen molar-refractivity contribution in [2.24, 2.45) is 0 Å². The number of aromatic hydroxyl groups is 1. The van der Waals surface area contributed by atoms with Gasteiger partial charge in [-0.3, -0.25) is 0 Å². The molecule has 0 saturated carbocycles. The van der Waals surface area contributed by atoms with Crippen LogP contribution in [0.25, 0.3) is 0 Å². The Hall–Kier alpha value is -1.02. The zero-order chi connectivity index (χ0) is 9.97. The fourth-order valence-corrected chi connectivity index (χ4v) is 1.90. The fraction of sp³-hybridized carbons (Fsp3) is 0.500. The Labute approximate surface area is 84.5 Å². The number of aryl methyl sites for hydroxylation is 1. The summed E-state index contributed by atoms with van der Waals surface area (Å²) in [5.74, 6) is 0.370. The molecule has 1 saturated heterocycles. The third-order valence-corrected chi connectivity index (χ3v) is 2.78. The predicted molar refractivity (Wildman–Crippen MR) is 55.4 cm³/mol. The molecule has 1 unspecified atom stereocenters. The topological polar surface area (TPSA) is 29.5 Å². The second-order valence-corrected chi connectivity index (χ2v) is 3.75. The van der Waals surface area contributed by atoms with Crippen LogP contribution in [0.4, 0.5) is 0 Å². The van der Waals surface area contributed by atoms with Gasteiger partial charge in [0.1, 0.15) is 5.75 Å². The first kappa shape index (κ1) is 9.53. The van der Waals surface area contributed by atoms with Crippen molar-refractivity contribution in [3.05, 3.63) is 29.3 Å². The lowest BCUT2D eigenvalue weighted by Crippen LogP contribution is -1.97. The molecule has 0 radical (unpaired) electrons. The first-order chi connectivity index (χ1) is 6.81. The first-order valence-electron chi connectivity index (χ1n) is 5.24. The van der Waals surface area contributed by atoms with Gasteiger partial charge in [0.05, 0.1) is 6.10 Å². The maximum absolute atomic E-state index is 9.71. The number of rotatable bonds is 2. The van der Waals surface area contributed by atoms with Crippen LogP contribution < -0.4 is 0 Å². The second-order valence-electron chi connectivity index (χ2n) is 3.75. The summed E-state index contributed by atoms with van der Waals surface area (Å²) in [6.45, 7) is 2.94. The van der Waals surface area contributed by atoms with E-state index in [0.29, 0.717) is 5.75 Å². The van der Waals surface area contributed by atoms with Gasteiger partial charge in [-0.15, -0.1) is 0 Å². The summed E-state index contributed by atoms with van der Waals surface area (Å²) in [5.41, 5.74) is 2.22. The molecule has 1 fully saturated rings. The van der Waals surface area contributed by atoms with Crippen LogP contribution in [0.5, 0.6) is 5.75 Å². The quantitative estimate of drug-likeness (QED) is 0.780. The first-order valence-corrected chi connectivity index (χ1v) is 5.24. The Bertz CT molecular complexity index is 314. The Morgan fingerprint density at radius 3 is 3.00 bits per heavy atom. The Kier molecular flexibility index (Phi) is 2.73. The van der Waals surface area contributed by atoms with Crippen LogP contribution in [0, 0.1) is 0 Å². The van der Waals surface area contributed by atoms with Gasteiger partial charge in [-0.25, -0.2) is 0 Å². The molecule has 1 aromatic carbocycles. The summed E-state index contributed by atoms with van der Waals surface area (Å²) in [6, 6.07) is 5.80. The van der Waals surface area contributed by atoms with Crippen LogP contribution in [0.3, 0.4) is 0 Å². The van der Waals surface area contributed by atoms with E-state index in [2.05, 4.69) is 13.0 Å². The molecule has 0 amide bonds. The highest BCUT2D eigenvalue weighted by Gasteiger charge is 2.20. The molecular weight excluding hydrogens is 176 g/mol. The Morgan fingerprint density at radius 2 is 2.36 bits per heavy atom. The summed E-state index contributed by atoms with van der Waals surface area (Å²) in [4.78, 5) is 0. The van der Waals surface area contributed by atoms with E-state index >= 15 is 0 Å². The SMILES string of the molecule is CCc1ccc(O)c(C2CCCO2)c1. The minimum Gasteiger partial charge on any atom is -0.508 e. The molecule has 0 aromatic heterocycles. The fourth-order valence-electron chi connectivity index (χ4n) is 1.90. The molecule has 1 aliphatic heterocycles. The van der Waals surface area contributed by atoms with Crippen molar-refractivity contribution in [1.82, 2.24) is 0 Å². The van der Waals surface area contributed by atoms with Crippen LogP contribution in [0.1, 0.15) is 37.0 Å². The smallest absolute Gasteiger partial charge is 0.121 e. The van der Waals surface area contributed by atoms with Gasteiger partial charge in [0, 0.05) is 12.2 Å². The molecule has 2 heteroatoms. The van der Waals surface area contributed by atoms with Crippen molar-refractivity contribution in [1.29, 1.82) is 0 Å². The van der Waals surface area contributed by atoms with Gasteiger partial charge in [0.15, 0.2) is 0 Å². The van der Waals surface area contributed by atoms with Crippen LogP contribution in [-0.4, -0.2) is 11.7 Å². The lowest BCUT2D eigenvalue weighted by Gasteiger charge is -2.12. The zero-order valence-electron chi connectivity index (χ0n) is 8.49. The van der Waals surface area contributed by atoms with Crippen LogP contribution in [0.2, 0.25) is 0 Å². The number of benzene rings is 1. The molecule has 1 atom stereocenters. The number of phenols is 1. The molecule has 14 heavy (non-hydrogen) atoms. The highest BCUT2D eigenvalue weighted by molar-refractivity contribution is 5.38. The van der Waals surface area contributed by atoms with E-state index in [4.69, 9.17) is 4.74 Å². The molecule has 1 aliphatic rings. The number of hydrogen-bond donors (Lipinski definition) is 1. The highest BCUT2D eigenvalue weighted by Crippen LogP contribution is 2.34. The largest absolute Gasteiger partial charge is 0.508 e. The molecule has 0 spiro atoms. The molecule has 1 N–H and O–H groups in total. The van der Waals surface area contributed by atoms with Crippen LogP contribution in [0.15, 0.2) is 18.2 Å². The van der Waals surface area contributed by atoms with Gasteiger partial charge in [0.2, 0.25) is 0 Å². The monoisotopic (exact) mass is 192 g/mol. The van der Waals surface area contributed by atoms with E-state index in [1.807, 2.05) is 6.07 Å². The Balaban J connectivity index is 2.29. The van der Waals surface area contributed by atoms with Crippen molar-refractivity contribution < 1.29 is 9.84 Å². The van der Waals surface area contributed by atoms with Gasteiger partial charge in [0.25, 0.3) is 0 Å². The van der Waals surface area contributed by atoms with Crippen molar-refractivity contribution in [2.45, 2.75) is 32.3 Å². The van der Waals surface area contributed by atoms with Gasteiger partial charge < -0.3 is 9.84 Å². The maximum atomic E-state index is 9.71. The van der Waals surface area contributed by atoms with Crippen molar-refractivity contribution in [3.8, 4) is 5.75 Å².